The van der Waals surface area contributed by atoms with Gasteiger partial charge in [-0.2, -0.15) is 13.2 Å². The molecule has 0 bridgehead atoms. The lowest BCUT2D eigenvalue weighted by Gasteiger charge is -2.40. The number of carbonyl (C=O) groups excluding carboxylic acids is 4. The monoisotopic (exact) mass is 526 g/mol. The van der Waals surface area contributed by atoms with Gasteiger partial charge in [-0.1, -0.05) is 48.0 Å². The van der Waals surface area contributed by atoms with E-state index in [1.54, 1.807) is 48.5 Å². The van der Waals surface area contributed by atoms with Crippen molar-refractivity contribution in [3.8, 4) is 0 Å². The van der Waals surface area contributed by atoms with Gasteiger partial charge < -0.3 is 26.4 Å². The van der Waals surface area contributed by atoms with Crippen LogP contribution in [0.25, 0.3) is 0 Å². The Kier molecular flexibility index (Phi) is 8.21. The lowest BCUT2D eigenvalue weighted by atomic mass is 9.96. The molecule has 1 aliphatic heterocycles. The molecule has 1 aliphatic rings. The predicted octanol–water partition coefficient (Wildman–Crippen LogP) is 1.20. The van der Waals surface area contributed by atoms with Gasteiger partial charge in [0.2, 0.25) is 12.0 Å². The van der Waals surface area contributed by atoms with Gasteiger partial charge in [-0.25, -0.2) is 4.79 Å². The molecule has 0 aliphatic carbocycles. The second-order valence-electron chi connectivity index (χ2n) is 8.05. The number of benzene rings is 2. The van der Waals surface area contributed by atoms with E-state index in [1.165, 1.54) is 0 Å². The number of nitrogens with one attached hydrogen (secondary N) is 1. The number of piperazine rings is 1. The van der Waals surface area contributed by atoms with Crippen molar-refractivity contribution in [1.82, 2.24) is 10.2 Å². The fourth-order valence-electron chi connectivity index (χ4n) is 3.72. The van der Waals surface area contributed by atoms with Crippen LogP contribution in [0.5, 0.6) is 0 Å². The first-order valence-corrected chi connectivity index (χ1v) is 11.0. The Morgan fingerprint density at radius 3 is 2.28 bits per heavy atom. The Labute approximate surface area is 208 Å². The Morgan fingerprint density at radius 1 is 1.08 bits per heavy atom. The maximum absolute atomic E-state index is 13.4. The van der Waals surface area contributed by atoms with Crippen LogP contribution in [0, 0.1) is 0 Å². The van der Waals surface area contributed by atoms with E-state index < -0.39 is 48.1 Å². The fraction of sp³-hybridized carbons (Fsp3) is 0.304. The van der Waals surface area contributed by atoms with Crippen LogP contribution in [-0.2, 0) is 43.4 Å². The highest BCUT2D eigenvalue weighted by Gasteiger charge is 2.50. The highest BCUT2D eigenvalue weighted by Crippen LogP contribution is 2.24. The van der Waals surface area contributed by atoms with Gasteiger partial charge in [0.15, 0.2) is 6.04 Å². The molecule has 3 atom stereocenters. The van der Waals surface area contributed by atoms with Gasteiger partial charge in [-0.05, 0) is 28.8 Å². The van der Waals surface area contributed by atoms with E-state index in [0.29, 0.717) is 16.1 Å². The lowest BCUT2D eigenvalue weighted by molar-refractivity contribution is -0.207. The van der Waals surface area contributed by atoms with Crippen molar-refractivity contribution in [3.05, 3.63) is 70.2 Å². The number of nitrogens with two attached hydrogens (primary N) is 2. The molecule has 36 heavy (non-hydrogen) atoms. The summed E-state index contributed by atoms with van der Waals surface area (Å²) < 4.78 is 42.4. The maximum Gasteiger partial charge on any atom is 0.490 e. The molecule has 192 valence electrons. The second-order valence-corrected chi connectivity index (χ2v) is 8.49. The summed E-state index contributed by atoms with van der Waals surface area (Å²) in [4.78, 5) is 50.9. The van der Waals surface area contributed by atoms with E-state index in [4.69, 9.17) is 23.1 Å². The second kappa shape index (κ2) is 11.0. The molecule has 2 aromatic carbocycles. The van der Waals surface area contributed by atoms with E-state index >= 15 is 0 Å². The van der Waals surface area contributed by atoms with Crippen molar-refractivity contribution in [2.75, 3.05) is 0 Å². The van der Waals surface area contributed by atoms with Gasteiger partial charge >= 0.3 is 12.1 Å². The maximum atomic E-state index is 13.4. The zero-order chi connectivity index (χ0) is 26.6. The molecule has 0 spiro atoms. The summed E-state index contributed by atoms with van der Waals surface area (Å²) in [6.07, 6.45) is -7.82. The van der Waals surface area contributed by atoms with Crippen molar-refractivity contribution in [1.29, 1.82) is 0 Å². The van der Waals surface area contributed by atoms with Crippen LogP contribution >= 0.6 is 11.6 Å². The third kappa shape index (κ3) is 6.32. The smallest absolute Gasteiger partial charge is 0.443 e. The van der Waals surface area contributed by atoms with Crippen LogP contribution in [0.4, 0.5) is 13.2 Å². The first-order chi connectivity index (χ1) is 16.9. The van der Waals surface area contributed by atoms with Crippen molar-refractivity contribution >= 4 is 35.3 Å². The number of carbonyl (C=O) groups is 4. The lowest BCUT2D eigenvalue weighted by Crippen LogP contribution is -2.68. The summed E-state index contributed by atoms with van der Waals surface area (Å²) in [5, 5.41) is 2.59. The topological polar surface area (TPSA) is 145 Å². The van der Waals surface area contributed by atoms with Gasteiger partial charge in [0.05, 0.1) is 0 Å². The number of rotatable bonds is 8. The van der Waals surface area contributed by atoms with Crippen LogP contribution < -0.4 is 16.8 Å². The molecule has 5 N–H and O–H groups in total. The molecule has 1 saturated heterocycles. The molecule has 2 aromatic rings. The molecule has 9 nitrogen and oxygen atoms in total. The van der Waals surface area contributed by atoms with Gasteiger partial charge in [-0.15, -0.1) is 0 Å². The molecule has 0 radical (unpaired) electrons. The highest BCUT2D eigenvalue weighted by molar-refractivity contribution is 6.30. The van der Waals surface area contributed by atoms with Crippen LogP contribution in [0.15, 0.2) is 48.5 Å². The first kappa shape index (κ1) is 27.0. The molecule has 0 aromatic heterocycles. The van der Waals surface area contributed by atoms with Gasteiger partial charge in [0, 0.05) is 24.5 Å². The van der Waals surface area contributed by atoms with Crippen molar-refractivity contribution < 1.29 is 37.1 Å². The van der Waals surface area contributed by atoms with E-state index in [2.05, 4.69) is 10.1 Å². The van der Waals surface area contributed by atoms with Crippen molar-refractivity contribution in [2.45, 2.75) is 43.9 Å². The Bertz CT molecular complexity index is 1160. The normalized spacial score (nSPS) is 19.0. The summed E-state index contributed by atoms with van der Waals surface area (Å²) >= 11 is 6.02. The number of primary amides is 1. The third-order valence-corrected chi connectivity index (χ3v) is 5.74. The minimum absolute atomic E-state index is 0.00924. The summed E-state index contributed by atoms with van der Waals surface area (Å²) in [6, 6.07) is 10.2. The van der Waals surface area contributed by atoms with Gasteiger partial charge in [0.1, 0.15) is 6.04 Å². The minimum Gasteiger partial charge on any atom is -0.443 e. The van der Waals surface area contributed by atoms with Crippen LogP contribution in [0.3, 0.4) is 0 Å². The van der Waals surface area contributed by atoms with Crippen molar-refractivity contribution in [3.63, 3.8) is 0 Å². The van der Waals surface area contributed by atoms with Gasteiger partial charge in [0.25, 0.3) is 11.8 Å². The predicted molar refractivity (Wildman–Crippen MR) is 121 cm³/mol. The Morgan fingerprint density at radius 2 is 1.72 bits per heavy atom. The molecule has 1 fully saturated rings. The largest absolute Gasteiger partial charge is 0.490 e. The summed E-state index contributed by atoms with van der Waals surface area (Å²) in [5.41, 5.74) is 12.7. The Balaban J connectivity index is 1.96. The Hall–Kier alpha value is -3.64. The molecule has 1 heterocycles. The number of hydrogen-bond donors (Lipinski definition) is 3. The van der Waals surface area contributed by atoms with E-state index in [0.717, 1.165) is 10.5 Å². The van der Waals surface area contributed by atoms with Crippen LogP contribution in [-0.4, -0.2) is 53.0 Å². The molecule has 0 saturated carbocycles. The molecule has 13 heteroatoms. The van der Waals surface area contributed by atoms with Crippen molar-refractivity contribution in [2.24, 2.45) is 11.5 Å². The van der Waals surface area contributed by atoms with E-state index in [9.17, 15) is 32.3 Å². The number of nitrogens with zero attached hydrogens (tertiary/aromatic N) is 1. The fourth-order valence-corrected chi connectivity index (χ4v) is 3.93. The molecule has 3 rings (SSSR count). The van der Waals surface area contributed by atoms with Crippen LogP contribution in [0.1, 0.15) is 16.7 Å². The molecular formula is C23H22ClF3N4O5. The SMILES string of the molecule is NCc1ccc(CN2C(=O)C(C(OC(=O)C(F)(F)F)C(N)=O)NC(=O)C2Cc2cccc(Cl)c2)cc1. The molecule has 3 unspecified atom stereocenters. The zero-order valence-corrected chi connectivity index (χ0v) is 19.4. The molecular weight excluding hydrogens is 505 g/mol. The number of alkyl halides is 3. The minimum atomic E-state index is -5.45. The number of ether oxygens (including phenoxy) is 1. The van der Waals surface area contributed by atoms with Crippen LogP contribution in [0.2, 0.25) is 5.02 Å². The average Bonchev–Trinajstić information content (AvgIpc) is 2.81. The number of amides is 3. The summed E-state index contributed by atoms with van der Waals surface area (Å²) in [5.74, 6) is -6.00. The average molecular weight is 527 g/mol. The van der Waals surface area contributed by atoms with Gasteiger partial charge in [-0.3, -0.25) is 14.4 Å². The molecule has 3 amide bonds. The standard InChI is InChI=1S/C23H22ClF3N4O5/c24-15-3-1-2-14(8-15)9-16-20(33)30-17(18(19(29)32)36-22(35)23(25,26)27)21(34)31(16)11-13-6-4-12(10-28)5-7-13/h1-8,16-18H,9-11,28H2,(H2,29,32)(H,30,33). The zero-order valence-electron chi connectivity index (χ0n) is 18.6. The number of esters is 1. The summed E-state index contributed by atoms with van der Waals surface area (Å²) in [6.45, 7) is 0.132. The van der Waals surface area contributed by atoms with E-state index in [1.807, 2.05) is 0 Å². The highest BCUT2D eigenvalue weighted by atomic mass is 35.5. The number of halogens is 4. The van der Waals surface area contributed by atoms with E-state index in [-0.39, 0.29) is 19.5 Å². The third-order valence-electron chi connectivity index (χ3n) is 5.50. The number of hydrogen-bond acceptors (Lipinski definition) is 6. The summed E-state index contributed by atoms with van der Waals surface area (Å²) in [7, 11) is 0. The quantitative estimate of drug-likeness (QED) is 0.441. The first-order valence-electron chi connectivity index (χ1n) is 10.6.